The summed E-state index contributed by atoms with van der Waals surface area (Å²) in [5.41, 5.74) is 2.11. The van der Waals surface area contributed by atoms with E-state index in [9.17, 15) is 15.3 Å². The Morgan fingerprint density at radius 2 is 1.38 bits per heavy atom. The highest BCUT2D eigenvalue weighted by atomic mass is 16.3. The lowest BCUT2D eigenvalue weighted by Crippen LogP contribution is -2.42. The lowest BCUT2D eigenvalue weighted by atomic mass is 9.88. The van der Waals surface area contributed by atoms with Crippen LogP contribution in [0.5, 0.6) is 11.5 Å². The van der Waals surface area contributed by atoms with Crippen molar-refractivity contribution in [1.29, 1.82) is 0 Å². The van der Waals surface area contributed by atoms with Crippen molar-refractivity contribution < 1.29 is 15.3 Å². The van der Waals surface area contributed by atoms with Crippen LogP contribution in [0.2, 0.25) is 0 Å². The van der Waals surface area contributed by atoms with Crippen LogP contribution in [-0.4, -0.2) is 39.4 Å². The normalized spacial score (nSPS) is 19.1. The zero-order chi connectivity index (χ0) is 17.1. The molecule has 0 bridgehead atoms. The summed E-state index contributed by atoms with van der Waals surface area (Å²) in [6, 6.07) is 14.3. The van der Waals surface area contributed by atoms with Gasteiger partial charge in [-0.05, 0) is 74.2 Å². The summed E-state index contributed by atoms with van der Waals surface area (Å²) >= 11 is 0. The molecule has 2 aromatic rings. The van der Waals surface area contributed by atoms with Gasteiger partial charge in [0.15, 0.2) is 0 Å². The van der Waals surface area contributed by atoms with Gasteiger partial charge in [-0.3, -0.25) is 4.90 Å². The van der Waals surface area contributed by atoms with Crippen LogP contribution < -0.4 is 0 Å². The van der Waals surface area contributed by atoms with Gasteiger partial charge in [-0.1, -0.05) is 24.3 Å². The second-order valence-electron chi connectivity index (χ2n) is 6.68. The van der Waals surface area contributed by atoms with E-state index in [1.54, 1.807) is 36.4 Å². The predicted octanol–water partition coefficient (Wildman–Crippen LogP) is 3.40. The number of hydrogen-bond acceptors (Lipinski definition) is 4. The first-order chi connectivity index (χ1) is 11.5. The fourth-order valence-corrected chi connectivity index (χ4v) is 3.54. The van der Waals surface area contributed by atoms with Crippen molar-refractivity contribution in [1.82, 2.24) is 4.90 Å². The smallest absolute Gasteiger partial charge is 0.115 e. The molecule has 1 aliphatic rings. The lowest BCUT2D eigenvalue weighted by Gasteiger charge is -2.38. The van der Waals surface area contributed by atoms with E-state index in [1.165, 1.54) is 5.56 Å². The number of phenolic OH excluding ortho intramolecular Hbond substituents is 2. The van der Waals surface area contributed by atoms with Gasteiger partial charge in [-0.2, -0.15) is 0 Å². The van der Waals surface area contributed by atoms with E-state index in [-0.39, 0.29) is 11.8 Å². The van der Waals surface area contributed by atoms with E-state index in [1.807, 2.05) is 12.1 Å². The minimum absolute atomic E-state index is 0.0373. The largest absolute Gasteiger partial charge is 0.508 e. The quantitative estimate of drug-likeness (QED) is 0.805. The summed E-state index contributed by atoms with van der Waals surface area (Å²) in [6.07, 6.45) is 1.55. The molecule has 1 heterocycles. The van der Waals surface area contributed by atoms with Gasteiger partial charge in [-0.25, -0.2) is 0 Å². The number of nitrogens with zero attached hydrogens (tertiary/aromatic N) is 1. The first kappa shape index (κ1) is 16.8. The van der Waals surface area contributed by atoms with Crippen LogP contribution in [0, 0.1) is 0 Å². The van der Waals surface area contributed by atoms with Crippen LogP contribution in [0.1, 0.15) is 42.9 Å². The molecule has 0 amide bonds. The highest BCUT2D eigenvalue weighted by Crippen LogP contribution is 2.32. The molecule has 3 rings (SSSR count). The molecule has 1 saturated heterocycles. The molecule has 1 fully saturated rings. The van der Waals surface area contributed by atoms with Crippen LogP contribution in [0.4, 0.5) is 0 Å². The van der Waals surface area contributed by atoms with Crippen LogP contribution in [0.25, 0.3) is 0 Å². The van der Waals surface area contributed by atoms with Crippen molar-refractivity contribution in [3.63, 3.8) is 0 Å². The molecule has 2 aromatic carbocycles. The second kappa shape index (κ2) is 7.24. The Morgan fingerprint density at radius 3 is 1.92 bits per heavy atom. The molecule has 4 nitrogen and oxygen atoms in total. The molecule has 4 heteroatoms. The predicted molar refractivity (Wildman–Crippen MR) is 94.2 cm³/mol. The van der Waals surface area contributed by atoms with E-state index in [0.29, 0.717) is 11.7 Å². The number of benzene rings is 2. The van der Waals surface area contributed by atoms with Gasteiger partial charge in [0, 0.05) is 6.04 Å². The molecule has 24 heavy (non-hydrogen) atoms. The van der Waals surface area contributed by atoms with Gasteiger partial charge >= 0.3 is 0 Å². The van der Waals surface area contributed by atoms with E-state index >= 15 is 0 Å². The van der Waals surface area contributed by atoms with Gasteiger partial charge in [-0.15, -0.1) is 0 Å². The minimum Gasteiger partial charge on any atom is -0.508 e. The highest BCUT2D eigenvalue weighted by molar-refractivity contribution is 5.29. The molecule has 128 valence electrons. The van der Waals surface area contributed by atoms with E-state index in [2.05, 4.69) is 11.8 Å². The van der Waals surface area contributed by atoms with Crippen LogP contribution >= 0.6 is 0 Å². The van der Waals surface area contributed by atoms with Crippen molar-refractivity contribution in [2.45, 2.75) is 37.8 Å². The number of hydrogen-bond donors (Lipinski definition) is 3. The third kappa shape index (κ3) is 3.71. The zero-order valence-corrected chi connectivity index (χ0v) is 14.0. The van der Waals surface area contributed by atoms with Gasteiger partial charge in [0.05, 0.1) is 6.10 Å². The Hall–Kier alpha value is -2.04. The summed E-state index contributed by atoms with van der Waals surface area (Å²) in [6.45, 7) is 3.95. The van der Waals surface area contributed by atoms with Gasteiger partial charge in [0.25, 0.3) is 0 Å². The molecule has 0 saturated carbocycles. The molecular weight excluding hydrogens is 302 g/mol. The third-order valence-corrected chi connectivity index (χ3v) is 5.16. The number of aromatic hydroxyl groups is 2. The second-order valence-corrected chi connectivity index (χ2v) is 6.68. The Bertz CT molecular complexity index is 646. The number of piperidine rings is 1. The van der Waals surface area contributed by atoms with Crippen molar-refractivity contribution in [3.05, 3.63) is 59.7 Å². The number of rotatable bonds is 4. The van der Waals surface area contributed by atoms with Crippen molar-refractivity contribution >= 4 is 0 Å². The fourth-order valence-electron chi connectivity index (χ4n) is 3.54. The van der Waals surface area contributed by atoms with Gasteiger partial charge in [0.2, 0.25) is 0 Å². The molecule has 1 aliphatic heterocycles. The zero-order valence-electron chi connectivity index (χ0n) is 14.0. The standard InChI is InChI=1S/C20H25NO3/c1-14(20(24)17-4-8-19(23)9-5-17)21-12-10-16(11-13-21)15-2-6-18(22)7-3-15/h2-9,14,16,20,22-24H,10-13H2,1H3. The van der Waals surface area contributed by atoms with Gasteiger partial charge < -0.3 is 15.3 Å². The molecule has 0 radical (unpaired) electrons. The summed E-state index contributed by atoms with van der Waals surface area (Å²) < 4.78 is 0. The summed E-state index contributed by atoms with van der Waals surface area (Å²) in [5.74, 6) is 1.04. The Labute approximate surface area is 143 Å². The van der Waals surface area contributed by atoms with Crippen LogP contribution in [-0.2, 0) is 0 Å². The molecule has 0 aromatic heterocycles. The van der Waals surface area contributed by atoms with Gasteiger partial charge in [0.1, 0.15) is 11.5 Å². The average molecular weight is 327 g/mol. The van der Waals surface area contributed by atoms with E-state index in [4.69, 9.17) is 0 Å². The average Bonchev–Trinajstić information content (AvgIpc) is 2.62. The third-order valence-electron chi connectivity index (χ3n) is 5.16. The Morgan fingerprint density at radius 1 is 0.875 bits per heavy atom. The number of phenols is 2. The summed E-state index contributed by atoms with van der Waals surface area (Å²) in [4.78, 5) is 2.33. The van der Waals surface area contributed by atoms with Crippen LogP contribution in [0.15, 0.2) is 48.5 Å². The monoisotopic (exact) mass is 327 g/mol. The Kier molecular flexibility index (Phi) is 5.07. The van der Waals surface area contributed by atoms with Crippen molar-refractivity contribution in [2.24, 2.45) is 0 Å². The topological polar surface area (TPSA) is 63.9 Å². The minimum atomic E-state index is -0.559. The summed E-state index contributed by atoms with van der Waals surface area (Å²) in [7, 11) is 0. The fraction of sp³-hybridized carbons (Fsp3) is 0.400. The molecule has 0 aliphatic carbocycles. The lowest BCUT2D eigenvalue weighted by molar-refractivity contribution is 0.0436. The molecule has 0 spiro atoms. The maximum Gasteiger partial charge on any atom is 0.115 e. The van der Waals surface area contributed by atoms with Crippen molar-refractivity contribution in [3.8, 4) is 11.5 Å². The maximum absolute atomic E-state index is 10.6. The SMILES string of the molecule is CC(C(O)c1ccc(O)cc1)N1CCC(c2ccc(O)cc2)CC1. The molecular formula is C20H25NO3. The van der Waals surface area contributed by atoms with E-state index in [0.717, 1.165) is 31.5 Å². The molecule has 3 N–H and O–H groups in total. The van der Waals surface area contributed by atoms with Crippen LogP contribution in [0.3, 0.4) is 0 Å². The van der Waals surface area contributed by atoms with E-state index < -0.39 is 6.10 Å². The number of likely N-dealkylation sites (tertiary alicyclic amines) is 1. The maximum atomic E-state index is 10.6. The summed E-state index contributed by atoms with van der Waals surface area (Å²) in [5, 5.41) is 29.4. The first-order valence-electron chi connectivity index (χ1n) is 8.54. The highest BCUT2D eigenvalue weighted by Gasteiger charge is 2.28. The molecule has 2 unspecified atom stereocenters. The number of aliphatic hydroxyl groups is 1. The first-order valence-corrected chi connectivity index (χ1v) is 8.54. The number of aliphatic hydroxyl groups excluding tert-OH is 1. The Balaban J connectivity index is 1.59. The molecule has 2 atom stereocenters. The van der Waals surface area contributed by atoms with Crippen molar-refractivity contribution in [2.75, 3.05) is 13.1 Å².